The monoisotopic (exact) mass is 522 g/mol. The molecule has 0 bridgehead atoms. The number of hydrogen-bond donors (Lipinski definition) is 2. The number of alkyl halides is 2. The van der Waals surface area contributed by atoms with Crippen molar-refractivity contribution in [3.05, 3.63) is 60.2 Å². The molecule has 2 N–H and O–H groups in total. The molecule has 1 aromatic heterocycles. The number of carbonyl (C=O) groups excluding carboxylic acids is 1. The minimum Gasteiger partial charge on any atom is -0.390 e. The van der Waals surface area contributed by atoms with Crippen molar-refractivity contribution in [2.24, 2.45) is 0 Å². The molecule has 1 amide bonds. The molecule has 0 atom stereocenters. The molecule has 1 fully saturated rings. The summed E-state index contributed by atoms with van der Waals surface area (Å²) >= 11 is 0. The molecule has 1 saturated heterocycles. The van der Waals surface area contributed by atoms with Crippen LogP contribution in [0.15, 0.2) is 53.7 Å². The van der Waals surface area contributed by atoms with Crippen LogP contribution >= 0.6 is 0 Å². The summed E-state index contributed by atoms with van der Waals surface area (Å²) in [6, 6.07) is 7.84. The summed E-state index contributed by atoms with van der Waals surface area (Å²) in [4.78, 5) is 22.2. The van der Waals surface area contributed by atoms with Crippen LogP contribution in [0.4, 0.5) is 18.9 Å². The number of fused-ring (bicyclic) bond motifs is 1. The van der Waals surface area contributed by atoms with E-state index in [2.05, 4.69) is 14.7 Å². The maximum absolute atomic E-state index is 14.9. The smallest absolute Gasteiger partial charge is 0.264 e. The predicted octanol–water partition coefficient (Wildman–Crippen LogP) is 3.97. The normalized spacial score (nSPS) is 16.2. The molecule has 0 radical (unpaired) electrons. The van der Waals surface area contributed by atoms with Gasteiger partial charge in [0, 0.05) is 31.9 Å². The standard InChI is InChI=1S/C24H25F3N4O4S/c1-23(26,27)7-8-24(33)9-13-31(14-10-24)22(32)17-6-5-16(15-18(17)25)30-36(34,35)20-4-2-3-19-21(20)29-12-11-28-19/h2-6,11-12,15,30,33H,7-10,13-14H2,1H3. The lowest BCUT2D eigenvalue weighted by atomic mass is 9.86. The number of amides is 1. The molecule has 1 aliphatic heterocycles. The highest BCUT2D eigenvalue weighted by Gasteiger charge is 2.37. The van der Waals surface area contributed by atoms with E-state index in [0.717, 1.165) is 13.0 Å². The molecule has 4 rings (SSSR count). The Kier molecular flexibility index (Phi) is 6.93. The molecule has 3 aromatic rings. The molecule has 36 heavy (non-hydrogen) atoms. The molecule has 2 aromatic carbocycles. The van der Waals surface area contributed by atoms with Crippen LogP contribution in [0.1, 0.15) is 43.0 Å². The Balaban J connectivity index is 1.45. The summed E-state index contributed by atoms with van der Waals surface area (Å²) in [5.41, 5.74) is -1.11. The highest BCUT2D eigenvalue weighted by molar-refractivity contribution is 7.93. The van der Waals surface area contributed by atoms with E-state index in [0.29, 0.717) is 5.52 Å². The van der Waals surface area contributed by atoms with Crippen LogP contribution in [0.3, 0.4) is 0 Å². The van der Waals surface area contributed by atoms with Crippen molar-refractivity contribution < 1.29 is 31.5 Å². The molecular formula is C24H25F3N4O4S. The fourth-order valence-corrected chi connectivity index (χ4v) is 5.36. The van der Waals surface area contributed by atoms with Crippen LogP contribution in [0, 0.1) is 5.82 Å². The number of rotatable bonds is 7. The SMILES string of the molecule is CC(F)(F)CCC1(O)CCN(C(=O)c2ccc(NS(=O)(=O)c3cccc4nccnc34)cc2F)CC1. The van der Waals surface area contributed by atoms with Gasteiger partial charge in [0.05, 0.1) is 22.4 Å². The third-order valence-corrected chi connectivity index (χ3v) is 7.63. The second kappa shape index (κ2) is 9.66. The van der Waals surface area contributed by atoms with Gasteiger partial charge in [0.25, 0.3) is 15.9 Å². The summed E-state index contributed by atoms with van der Waals surface area (Å²) in [5.74, 6) is -4.45. The van der Waals surface area contributed by atoms with E-state index in [9.17, 15) is 31.5 Å². The number of halogens is 3. The van der Waals surface area contributed by atoms with E-state index in [-0.39, 0.29) is 54.0 Å². The van der Waals surface area contributed by atoms with Gasteiger partial charge in [-0.25, -0.2) is 21.6 Å². The van der Waals surface area contributed by atoms with Crippen LogP contribution < -0.4 is 4.72 Å². The summed E-state index contributed by atoms with van der Waals surface area (Å²) in [6.07, 6.45) is 2.44. The average Bonchev–Trinajstić information content (AvgIpc) is 2.82. The highest BCUT2D eigenvalue weighted by atomic mass is 32.2. The molecule has 0 aliphatic carbocycles. The van der Waals surface area contributed by atoms with Crippen LogP contribution in [0.2, 0.25) is 0 Å². The van der Waals surface area contributed by atoms with E-state index >= 15 is 0 Å². The number of para-hydroxylation sites is 1. The third-order valence-electron chi connectivity index (χ3n) is 6.21. The lowest BCUT2D eigenvalue weighted by molar-refractivity contribution is -0.0571. The molecule has 1 aliphatic rings. The van der Waals surface area contributed by atoms with E-state index in [1.165, 1.54) is 41.6 Å². The number of piperidine rings is 1. The second-order valence-electron chi connectivity index (χ2n) is 9.07. The first kappa shape index (κ1) is 25.8. The van der Waals surface area contributed by atoms with Crippen molar-refractivity contribution >= 4 is 32.7 Å². The largest absolute Gasteiger partial charge is 0.390 e. The number of anilines is 1. The van der Waals surface area contributed by atoms with Gasteiger partial charge in [0.15, 0.2) is 0 Å². The molecule has 0 saturated carbocycles. The van der Waals surface area contributed by atoms with Crippen LogP contribution in [0.5, 0.6) is 0 Å². The Labute approximate surface area is 206 Å². The summed E-state index contributed by atoms with van der Waals surface area (Å²) in [7, 11) is -4.13. The summed E-state index contributed by atoms with van der Waals surface area (Å²) < 4.78 is 69.3. The van der Waals surface area contributed by atoms with Crippen molar-refractivity contribution in [3.8, 4) is 0 Å². The molecule has 12 heteroatoms. The van der Waals surface area contributed by atoms with Gasteiger partial charge in [-0.15, -0.1) is 0 Å². The number of nitrogens with zero attached hydrogens (tertiary/aromatic N) is 3. The molecule has 2 heterocycles. The van der Waals surface area contributed by atoms with Crippen molar-refractivity contribution in [1.82, 2.24) is 14.9 Å². The Morgan fingerprint density at radius 3 is 2.53 bits per heavy atom. The number of sulfonamides is 1. The highest BCUT2D eigenvalue weighted by Crippen LogP contribution is 2.32. The minimum absolute atomic E-state index is 0.0839. The first-order valence-electron chi connectivity index (χ1n) is 11.3. The van der Waals surface area contributed by atoms with Gasteiger partial charge in [-0.05, 0) is 56.5 Å². The Morgan fingerprint density at radius 2 is 1.86 bits per heavy atom. The van der Waals surface area contributed by atoms with Crippen molar-refractivity contribution in [1.29, 1.82) is 0 Å². The van der Waals surface area contributed by atoms with Crippen LogP contribution in [-0.4, -0.2) is 58.9 Å². The number of carbonyl (C=O) groups is 1. The topological polar surface area (TPSA) is 112 Å². The van der Waals surface area contributed by atoms with Gasteiger partial charge in [0.2, 0.25) is 5.92 Å². The summed E-state index contributed by atoms with van der Waals surface area (Å²) in [6.45, 7) is 0.957. The van der Waals surface area contributed by atoms with Crippen molar-refractivity contribution in [3.63, 3.8) is 0 Å². The zero-order chi connectivity index (χ0) is 26.1. The Morgan fingerprint density at radius 1 is 1.17 bits per heavy atom. The van der Waals surface area contributed by atoms with Gasteiger partial charge in [-0.3, -0.25) is 19.5 Å². The Bertz CT molecular complexity index is 1380. The molecule has 8 nitrogen and oxygen atoms in total. The van der Waals surface area contributed by atoms with E-state index in [4.69, 9.17) is 0 Å². The maximum Gasteiger partial charge on any atom is 0.264 e. The molecule has 192 valence electrons. The lowest BCUT2D eigenvalue weighted by Crippen LogP contribution is -2.47. The maximum atomic E-state index is 14.9. The average molecular weight is 523 g/mol. The van der Waals surface area contributed by atoms with Gasteiger partial charge >= 0.3 is 0 Å². The number of aromatic nitrogens is 2. The zero-order valence-corrected chi connectivity index (χ0v) is 20.2. The number of hydrogen-bond acceptors (Lipinski definition) is 6. The lowest BCUT2D eigenvalue weighted by Gasteiger charge is -2.38. The first-order chi connectivity index (χ1) is 16.9. The number of nitrogens with one attached hydrogen (secondary N) is 1. The molecule has 0 unspecified atom stereocenters. The predicted molar refractivity (Wildman–Crippen MR) is 127 cm³/mol. The zero-order valence-electron chi connectivity index (χ0n) is 19.4. The van der Waals surface area contributed by atoms with Crippen molar-refractivity contribution in [2.75, 3.05) is 17.8 Å². The first-order valence-corrected chi connectivity index (χ1v) is 12.8. The number of likely N-dealkylation sites (tertiary alicyclic amines) is 1. The number of benzene rings is 2. The fraction of sp³-hybridized carbons (Fsp3) is 0.375. The van der Waals surface area contributed by atoms with Crippen LogP contribution in [0.25, 0.3) is 11.0 Å². The van der Waals surface area contributed by atoms with Gasteiger partial charge in [-0.2, -0.15) is 0 Å². The third kappa shape index (κ3) is 5.76. The fourth-order valence-electron chi connectivity index (χ4n) is 4.14. The summed E-state index contributed by atoms with van der Waals surface area (Å²) in [5, 5.41) is 10.5. The quantitative estimate of drug-likeness (QED) is 0.486. The van der Waals surface area contributed by atoms with E-state index in [1.807, 2.05) is 0 Å². The van der Waals surface area contributed by atoms with E-state index in [1.54, 1.807) is 6.07 Å². The van der Waals surface area contributed by atoms with Crippen LogP contribution in [-0.2, 0) is 10.0 Å². The second-order valence-corrected chi connectivity index (χ2v) is 10.7. The van der Waals surface area contributed by atoms with Gasteiger partial charge in [0.1, 0.15) is 16.2 Å². The van der Waals surface area contributed by atoms with E-state index < -0.39 is 39.7 Å². The van der Waals surface area contributed by atoms with Crippen molar-refractivity contribution in [2.45, 2.75) is 49.0 Å². The Hall–Kier alpha value is -3.25. The molecular weight excluding hydrogens is 497 g/mol. The molecule has 0 spiro atoms. The van der Waals surface area contributed by atoms with Gasteiger partial charge < -0.3 is 10.0 Å². The number of aliphatic hydroxyl groups is 1. The minimum atomic E-state index is -4.13. The van der Waals surface area contributed by atoms with Gasteiger partial charge in [-0.1, -0.05) is 6.07 Å².